The van der Waals surface area contributed by atoms with E-state index in [1.807, 2.05) is 55.6 Å². The van der Waals surface area contributed by atoms with E-state index in [1.165, 1.54) is 5.56 Å². The second kappa shape index (κ2) is 12.0. The lowest BCUT2D eigenvalue weighted by molar-refractivity contribution is 0.194. The normalized spacial score (nSPS) is 12.2. The zero-order valence-electron chi connectivity index (χ0n) is 19.3. The van der Waals surface area contributed by atoms with Crippen molar-refractivity contribution in [3.63, 3.8) is 0 Å². The van der Waals surface area contributed by atoms with Gasteiger partial charge in [0.05, 0.1) is 23.7 Å². The van der Waals surface area contributed by atoms with Crippen molar-refractivity contribution in [3.8, 4) is 0 Å². The maximum absolute atomic E-state index is 13.0. The fraction of sp³-hybridized carbons (Fsp3) is 0.269. The average Bonchev–Trinajstić information content (AvgIpc) is 3.28. The topological polar surface area (TPSA) is 79.4 Å². The Labute approximate surface area is 218 Å². The number of nitrogens with zero attached hydrogens (tertiary/aromatic N) is 1. The molecule has 0 saturated heterocycles. The van der Waals surface area contributed by atoms with Gasteiger partial charge in [-0.3, -0.25) is 4.79 Å². The summed E-state index contributed by atoms with van der Waals surface area (Å²) in [5.74, 6) is 2.07. The number of aliphatic hydroxyl groups excluding tert-OH is 1. The van der Waals surface area contributed by atoms with E-state index in [0.717, 1.165) is 16.3 Å². The van der Waals surface area contributed by atoms with E-state index in [1.54, 1.807) is 28.6 Å². The third-order valence-corrected chi connectivity index (χ3v) is 7.13. The van der Waals surface area contributed by atoms with Gasteiger partial charge in [0.15, 0.2) is 0 Å². The molecule has 1 unspecified atom stereocenters. The monoisotopic (exact) mass is 531 g/mol. The number of pyridine rings is 1. The maximum atomic E-state index is 13.0. The molecule has 184 valence electrons. The van der Waals surface area contributed by atoms with Crippen molar-refractivity contribution in [3.05, 3.63) is 97.9 Å². The summed E-state index contributed by atoms with van der Waals surface area (Å²) in [7, 11) is 1.84. The number of nitrogens with one attached hydrogen (secondary N) is 2. The van der Waals surface area contributed by atoms with Crippen molar-refractivity contribution in [1.82, 2.24) is 9.88 Å². The Hall–Kier alpha value is -2.42. The Morgan fingerprint density at radius 1 is 1.03 bits per heavy atom. The zero-order chi connectivity index (χ0) is 24.8. The molecule has 4 aromatic rings. The summed E-state index contributed by atoms with van der Waals surface area (Å²) in [6.45, 7) is 1.35. The van der Waals surface area contributed by atoms with E-state index >= 15 is 0 Å². The van der Waals surface area contributed by atoms with Gasteiger partial charge in [0.25, 0.3) is 0 Å². The third-order valence-electron chi connectivity index (χ3n) is 5.46. The molecule has 4 rings (SSSR count). The van der Waals surface area contributed by atoms with E-state index in [-0.39, 0.29) is 5.43 Å². The Morgan fingerprint density at radius 2 is 1.69 bits per heavy atom. The predicted octanol–water partition coefficient (Wildman–Crippen LogP) is 5.43. The van der Waals surface area contributed by atoms with Crippen LogP contribution < -0.4 is 16.1 Å². The third kappa shape index (κ3) is 7.06. The van der Waals surface area contributed by atoms with Crippen LogP contribution in [-0.2, 0) is 25.9 Å². The fourth-order valence-electron chi connectivity index (χ4n) is 3.64. The van der Waals surface area contributed by atoms with Crippen molar-refractivity contribution in [1.29, 1.82) is 0 Å². The van der Waals surface area contributed by atoms with E-state index in [2.05, 4.69) is 10.6 Å². The van der Waals surface area contributed by atoms with Crippen LogP contribution in [0, 0.1) is 0 Å². The number of halogens is 2. The maximum Gasteiger partial charge on any atom is 0.215 e. The number of thioether (sulfide) groups is 1. The van der Waals surface area contributed by atoms with Crippen molar-refractivity contribution < 1.29 is 9.52 Å². The van der Waals surface area contributed by atoms with Gasteiger partial charge in [0, 0.05) is 47.9 Å². The van der Waals surface area contributed by atoms with E-state index in [4.69, 9.17) is 27.6 Å². The summed E-state index contributed by atoms with van der Waals surface area (Å²) in [6, 6.07) is 17.0. The number of aryl methyl sites for hydroxylation is 1. The van der Waals surface area contributed by atoms with Crippen molar-refractivity contribution in [2.45, 2.75) is 24.9 Å². The molecule has 0 radical (unpaired) electrons. The molecule has 0 saturated carbocycles. The molecule has 0 amide bonds. The summed E-state index contributed by atoms with van der Waals surface area (Å²) in [5.41, 5.74) is 3.11. The highest BCUT2D eigenvalue weighted by Crippen LogP contribution is 2.20. The molecule has 2 aromatic carbocycles. The second-order valence-electron chi connectivity index (χ2n) is 8.32. The first-order valence-corrected chi connectivity index (χ1v) is 13.1. The molecule has 0 bridgehead atoms. The SMILES string of the molecule is Cn1cc(NCc2ccc(Cl)cc2)c(=O)c2cc(CNCC(O)CSCc3ccc(Cl)cc3)oc21. The minimum atomic E-state index is -0.494. The van der Waals surface area contributed by atoms with E-state index in [0.29, 0.717) is 53.0 Å². The van der Waals surface area contributed by atoms with Gasteiger partial charge >= 0.3 is 0 Å². The molecule has 2 heterocycles. The van der Waals surface area contributed by atoms with Crippen LogP contribution in [0.1, 0.15) is 16.9 Å². The molecule has 35 heavy (non-hydrogen) atoms. The second-order valence-corrected chi connectivity index (χ2v) is 10.2. The standard InChI is InChI=1S/C26H27Cl2N3O3S/c1-31-14-24(30-11-17-2-6-19(27)7-3-17)25(33)23-10-22(34-26(23)31)13-29-12-21(32)16-35-15-18-4-8-20(28)9-5-18/h2-10,14,21,29-30,32H,11-13,15-16H2,1H3. The molecule has 0 aliphatic carbocycles. The van der Waals surface area contributed by atoms with Crippen LogP contribution in [0.3, 0.4) is 0 Å². The number of rotatable bonds is 11. The molecule has 3 N–H and O–H groups in total. The number of aliphatic hydroxyl groups is 1. The number of anilines is 1. The first-order valence-electron chi connectivity index (χ1n) is 11.2. The van der Waals surface area contributed by atoms with Gasteiger partial charge in [-0.15, -0.1) is 0 Å². The summed E-state index contributed by atoms with van der Waals surface area (Å²) in [6.07, 6.45) is 1.25. The van der Waals surface area contributed by atoms with Crippen LogP contribution in [-0.4, -0.2) is 28.1 Å². The molecular formula is C26H27Cl2N3O3S. The Kier molecular flexibility index (Phi) is 8.81. The highest BCUT2D eigenvalue weighted by Gasteiger charge is 2.14. The molecule has 0 fully saturated rings. The van der Waals surface area contributed by atoms with E-state index in [9.17, 15) is 9.90 Å². The summed E-state index contributed by atoms with van der Waals surface area (Å²) >= 11 is 13.5. The Bertz CT molecular complexity index is 1320. The molecule has 0 aliphatic heterocycles. The van der Waals surface area contributed by atoms with Gasteiger partial charge < -0.3 is 24.7 Å². The average molecular weight is 532 g/mol. The largest absolute Gasteiger partial charge is 0.443 e. The van der Waals surface area contributed by atoms with Crippen LogP contribution in [0.2, 0.25) is 10.0 Å². The minimum absolute atomic E-state index is 0.110. The summed E-state index contributed by atoms with van der Waals surface area (Å²) in [4.78, 5) is 13.0. The van der Waals surface area contributed by atoms with Crippen molar-refractivity contribution in [2.75, 3.05) is 17.6 Å². The molecule has 9 heteroatoms. The van der Waals surface area contributed by atoms with Crippen LogP contribution in [0.25, 0.3) is 11.1 Å². The lowest BCUT2D eigenvalue weighted by Crippen LogP contribution is -2.28. The predicted molar refractivity (Wildman–Crippen MR) is 146 cm³/mol. The molecule has 6 nitrogen and oxygen atoms in total. The summed E-state index contributed by atoms with van der Waals surface area (Å²) < 4.78 is 7.70. The first-order chi connectivity index (χ1) is 16.9. The Balaban J connectivity index is 1.29. The number of benzene rings is 2. The zero-order valence-corrected chi connectivity index (χ0v) is 21.6. The van der Waals surface area contributed by atoms with Gasteiger partial charge in [-0.1, -0.05) is 47.5 Å². The highest BCUT2D eigenvalue weighted by molar-refractivity contribution is 7.98. The van der Waals surface area contributed by atoms with Crippen LogP contribution in [0.4, 0.5) is 5.69 Å². The molecule has 1 atom stereocenters. The number of hydrogen-bond donors (Lipinski definition) is 3. The van der Waals surface area contributed by atoms with E-state index < -0.39 is 6.10 Å². The van der Waals surface area contributed by atoms with Crippen LogP contribution in [0.15, 0.2) is 70.0 Å². The van der Waals surface area contributed by atoms with Crippen molar-refractivity contribution in [2.24, 2.45) is 7.05 Å². The quantitative estimate of drug-likeness (QED) is 0.239. The van der Waals surface area contributed by atoms with Gasteiger partial charge in [-0.2, -0.15) is 11.8 Å². The van der Waals surface area contributed by atoms with Crippen molar-refractivity contribution >= 4 is 51.8 Å². The van der Waals surface area contributed by atoms with Gasteiger partial charge in [-0.05, 0) is 41.5 Å². The van der Waals surface area contributed by atoms with Gasteiger partial charge in [-0.25, -0.2) is 0 Å². The lowest BCUT2D eigenvalue weighted by atomic mass is 10.2. The smallest absolute Gasteiger partial charge is 0.215 e. The number of furan rings is 1. The lowest BCUT2D eigenvalue weighted by Gasteiger charge is -2.11. The first kappa shape index (κ1) is 25.7. The Morgan fingerprint density at radius 3 is 2.37 bits per heavy atom. The van der Waals surface area contributed by atoms with Crippen LogP contribution >= 0.6 is 35.0 Å². The van der Waals surface area contributed by atoms with Gasteiger partial charge in [0.1, 0.15) is 5.76 Å². The number of aromatic nitrogens is 1. The minimum Gasteiger partial charge on any atom is -0.443 e. The fourth-order valence-corrected chi connectivity index (χ4v) is 4.83. The molecule has 0 spiro atoms. The highest BCUT2D eigenvalue weighted by atomic mass is 35.5. The molecule has 0 aliphatic rings. The number of hydrogen-bond acceptors (Lipinski definition) is 6. The summed E-state index contributed by atoms with van der Waals surface area (Å²) in [5, 5.41) is 18.6. The van der Waals surface area contributed by atoms with Gasteiger partial charge in [0.2, 0.25) is 11.1 Å². The molecular weight excluding hydrogens is 505 g/mol. The van der Waals surface area contributed by atoms with Crippen LogP contribution in [0.5, 0.6) is 0 Å². The number of fused-ring (bicyclic) bond motifs is 1. The molecule has 2 aromatic heterocycles.